The molecule has 0 radical (unpaired) electrons. The van der Waals surface area contributed by atoms with Gasteiger partial charge < -0.3 is 9.13 Å². The minimum Gasteiger partial charge on any atom is -0.318 e. The lowest BCUT2D eigenvalue weighted by Crippen LogP contribution is -2.08. The zero-order valence-electron chi connectivity index (χ0n) is 83.8. The third-order valence-corrected chi connectivity index (χ3v) is 19.2. The van der Waals surface area contributed by atoms with Crippen molar-refractivity contribution in [2.75, 3.05) is 0 Å². The third kappa shape index (κ3) is 8.94. The van der Waals surface area contributed by atoms with E-state index in [1.165, 1.54) is 62.9 Å². The number of thiophene rings is 2. The first-order chi connectivity index (χ1) is 62.1. The van der Waals surface area contributed by atoms with Gasteiger partial charge in [-0.05, 0) is 117 Å². The molecule has 0 amide bonds. The summed E-state index contributed by atoms with van der Waals surface area (Å²) in [6.07, 6.45) is 0. The van der Waals surface area contributed by atoms with E-state index in [1.807, 2.05) is 0 Å². The molecule has 0 atom stereocenters. The molecular weight excluding hydrogens is 1210 g/mol. The number of nitrogens with zero attached hydrogens (tertiary/aromatic N) is 6. The Balaban J connectivity index is 1.06. The van der Waals surface area contributed by atoms with E-state index >= 15 is 0 Å². The van der Waals surface area contributed by atoms with Crippen LogP contribution in [0.4, 0.5) is 5.69 Å². The molecule has 0 unspecified atom stereocenters. The summed E-state index contributed by atoms with van der Waals surface area (Å²) in [5.41, 5.74) is -4.69. The molecule has 0 spiro atoms. The van der Waals surface area contributed by atoms with Gasteiger partial charge in [0.2, 0.25) is 5.69 Å². The van der Waals surface area contributed by atoms with Gasteiger partial charge in [-0.3, -0.25) is 0 Å². The van der Waals surface area contributed by atoms with E-state index in [-0.39, 0.29) is 93.8 Å². The molecule has 0 saturated carbocycles. The third-order valence-electron chi connectivity index (χ3n) is 16.8. The fourth-order valence-electron chi connectivity index (χ4n) is 12.8. The van der Waals surface area contributed by atoms with Crippen molar-refractivity contribution < 1.29 is 48.0 Å². The van der Waals surface area contributed by atoms with Crippen LogP contribution in [0.25, 0.3) is 190 Å². The molecule has 5 heterocycles. The first-order valence-electron chi connectivity index (χ1n) is 46.8. The van der Waals surface area contributed by atoms with Crippen LogP contribution in [0.3, 0.4) is 0 Å². The first-order valence-corrected chi connectivity index (χ1v) is 30.9. The van der Waals surface area contributed by atoms with E-state index < -0.39 is 268 Å². The summed E-state index contributed by atoms with van der Waals surface area (Å²) in [4.78, 5) is 18.8. The zero-order chi connectivity index (χ0) is 93.8. The van der Waals surface area contributed by atoms with Gasteiger partial charge in [0, 0.05) is 84.1 Å². The van der Waals surface area contributed by atoms with E-state index in [9.17, 15) is 24.4 Å². The van der Waals surface area contributed by atoms with Gasteiger partial charge in [-0.2, -0.15) is 0 Å². The molecule has 0 aliphatic heterocycles. The maximum absolute atomic E-state index is 10.5. The van der Waals surface area contributed by atoms with Gasteiger partial charge in [-0.15, -0.1) is 22.7 Å². The van der Waals surface area contributed by atoms with Crippen molar-refractivity contribution in [1.82, 2.24) is 24.1 Å². The maximum Gasteiger partial charge on any atom is 0.212 e. The highest BCUT2D eigenvalue weighted by atomic mass is 32.1. The van der Waals surface area contributed by atoms with E-state index in [0.29, 0.717) is 40.3 Å². The molecule has 0 fully saturated rings. The van der Waals surface area contributed by atoms with Crippen molar-refractivity contribution in [1.29, 1.82) is 0 Å². The van der Waals surface area contributed by atoms with Crippen LogP contribution in [0.5, 0.6) is 0 Å². The van der Waals surface area contributed by atoms with Gasteiger partial charge in [0.05, 0.1) is 88.0 Å². The van der Waals surface area contributed by atoms with Crippen LogP contribution < -0.4 is 0 Å². The Kier molecular flexibility index (Phi) is 7.15. The largest absolute Gasteiger partial charge is 0.318 e. The van der Waals surface area contributed by atoms with Gasteiger partial charge in [-0.1, -0.05) is 248 Å². The topological polar surface area (TPSA) is 52.9 Å². The minimum absolute atomic E-state index is 0.000324. The highest BCUT2D eigenvalue weighted by Crippen LogP contribution is 2.54. The monoisotopic (exact) mass is 1290 g/mol. The molecule has 19 aromatic rings. The Hall–Kier alpha value is -12.4. The Morgan fingerprint density at radius 3 is 1.03 bits per heavy atom. The molecule has 0 N–H and O–H groups in total. The Labute approximate surface area is 609 Å². The highest BCUT2D eigenvalue weighted by Gasteiger charge is 2.31. The Bertz CT molecular complexity index is 8360. The van der Waals surface area contributed by atoms with Crippen LogP contribution >= 0.6 is 22.7 Å². The molecular formula is C88H52N6S2. The summed E-state index contributed by atoms with van der Waals surface area (Å²) in [7, 11) is 0. The second kappa shape index (κ2) is 22.4. The van der Waals surface area contributed by atoms with E-state index in [0.717, 1.165) is 11.3 Å². The molecule has 96 heavy (non-hydrogen) atoms. The molecule has 19 rings (SSSR count). The van der Waals surface area contributed by atoms with E-state index in [2.05, 4.69) is 9.83 Å². The Morgan fingerprint density at radius 2 is 0.635 bits per heavy atom. The van der Waals surface area contributed by atoms with Gasteiger partial charge in [0.1, 0.15) is 0 Å². The standard InChI is InChI=1S/C88H52N6S2/c1-89-72-53-71(88-91-86(59-33-19-7-20-34-59)90-87(92-88)60-35-21-8-22-36-60)82(93-73-43-37-61(54-23-9-2-10-24-54)51-69(73)80-75(93)45-41-65-67-49-63(56-27-13-4-14-28-56)39-47-77(67)95-84(65)80)79(58-31-17-6-18-32-58)83(72)94-74-44-38-62(55-25-11-3-12-26-55)52-70(74)81-76(94)46-42-66-68-50-64(57-29-15-5-16-30-57)40-48-78(68)96-85(66)81/h2-53H/i2D,3D,4D,5D,6D,7D,8D,9D,10D,11D,12D,13D,14D,15D,16D,17D,18D,19D,20D,21D,22D,23D,24D,25D,26D,27D,28D,29D,30D,31D,32D,33D,34D,35D,36D. The number of fused-ring (bicyclic) bond motifs is 14. The van der Waals surface area contributed by atoms with Crippen molar-refractivity contribution in [3.63, 3.8) is 0 Å². The number of hydrogen-bond donors (Lipinski definition) is 0. The molecule has 6 nitrogen and oxygen atoms in total. The van der Waals surface area contributed by atoms with Crippen molar-refractivity contribution >= 4 is 112 Å². The van der Waals surface area contributed by atoms with Crippen LogP contribution in [0.2, 0.25) is 0 Å². The molecule has 0 aliphatic rings. The summed E-state index contributed by atoms with van der Waals surface area (Å²) in [5.74, 6) is -2.41. The molecule has 446 valence electrons. The van der Waals surface area contributed by atoms with Crippen LogP contribution in [0.1, 0.15) is 48.0 Å². The summed E-state index contributed by atoms with van der Waals surface area (Å²) < 4.78 is 324. The second-order valence-electron chi connectivity index (χ2n) is 21.9. The smallest absolute Gasteiger partial charge is 0.212 e. The zero-order valence-corrected chi connectivity index (χ0v) is 50.4. The van der Waals surface area contributed by atoms with Crippen LogP contribution in [0.15, 0.2) is 315 Å². The number of rotatable bonds is 10. The predicted molar refractivity (Wildman–Crippen MR) is 404 cm³/mol. The lowest BCUT2D eigenvalue weighted by Gasteiger charge is -2.24. The molecule has 0 bridgehead atoms. The molecule has 8 heteroatoms. The van der Waals surface area contributed by atoms with Crippen LogP contribution in [-0.2, 0) is 0 Å². The molecule has 0 aliphatic carbocycles. The first kappa shape index (κ1) is 30.6. The number of benzene rings is 14. The lowest BCUT2D eigenvalue weighted by atomic mass is 9.94. The Morgan fingerprint density at radius 1 is 0.302 bits per heavy atom. The quantitative estimate of drug-likeness (QED) is 0.128. The summed E-state index contributed by atoms with van der Waals surface area (Å²) in [6, 6.07) is -0.284. The van der Waals surface area contributed by atoms with Crippen LogP contribution in [-0.4, -0.2) is 24.1 Å². The van der Waals surface area contributed by atoms with Gasteiger partial charge in [-0.25, -0.2) is 19.8 Å². The van der Waals surface area contributed by atoms with Crippen molar-refractivity contribution in [3.05, 3.63) is 326 Å². The minimum atomic E-state index is -0.972. The molecule has 14 aromatic carbocycles. The van der Waals surface area contributed by atoms with Crippen molar-refractivity contribution in [2.45, 2.75) is 0 Å². The SMILES string of the molecule is [2H]c1c([2H])c([2H])c(-c2ccc3sc4c(ccc5c4c4cc(-c6c([2H])c([2H])c([2H])c([2H])c6[2H])ccc4n5-c4c([N+]#[C-])cc(-c5nc(-c6c([2H])c([2H])c([2H])c([2H])c6[2H])nc(-c6c([2H])c([2H])c([2H])c([2H])c6[2H])n5)c(-n5c6ccc(-c7c([2H])c([2H])c([2H])c([2H])c7[2H])cc6c6c7sc8ccc(-c9c([2H])c([2H])c([2H])c([2H])c9[2H])cc8c7ccc65)c4-c4c([2H])c([2H])c([2H])c([2H])c4[2H])c3c2)c([2H])c1[2H]. The number of aromatic nitrogens is 5. The average molecular weight is 1290 g/mol. The second-order valence-corrected chi connectivity index (χ2v) is 24.0. The molecule has 0 saturated heterocycles. The van der Waals surface area contributed by atoms with Gasteiger partial charge in [0.25, 0.3) is 0 Å². The summed E-state index contributed by atoms with van der Waals surface area (Å²) in [6.45, 7) is 9.79. The van der Waals surface area contributed by atoms with Gasteiger partial charge >= 0.3 is 0 Å². The van der Waals surface area contributed by atoms with Crippen LogP contribution in [0, 0.1) is 6.57 Å². The number of hydrogen-bond acceptors (Lipinski definition) is 5. The van der Waals surface area contributed by atoms with Crippen molar-refractivity contribution in [3.8, 4) is 101 Å². The lowest BCUT2D eigenvalue weighted by molar-refractivity contribution is 1.06. The van der Waals surface area contributed by atoms with Crippen molar-refractivity contribution in [2.24, 2.45) is 0 Å². The molecule has 5 aromatic heterocycles. The summed E-state index contributed by atoms with van der Waals surface area (Å²) in [5, 5.41) is 2.60. The van der Waals surface area contributed by atoms with E-state index in [1.54, 1.807) is 60.7 Å². The highest BCUT2D eigenvalue weighted by molar-refractivity contribution is 7.27. The fourth-order valence-corrected chi connectivity index (χ4v) is 15.3. The maximum atomic E-state index is 10.5. The normalized spacial score (nSPS) is 16.8. The predicted octanol–water partition coefficient (Wildman–Crippen LogP) is 24.7. The summed E-state index contributed by atoms with van der Waals surface area (Å²) >= 11 is 2.35. The van der Waals surface area contributed by atoms with Gasteiger partial charge in [0.15, 0.2) is 17.5 Å². The average Bonchev–Trinajstić information content (AvgIpc) is 1.53. The van der Waals surface area contributed by atoms with E-state index in [4.69, 9.17) is 40.1 Å². The fraction of sp³-hybridized carbons (Fsp3) is 0.